The van der Waals surface area contributed by atoms with Gasteiger partial charge in [-0.25, -0.2) is 4.39 Å². The molecule has 26 heavy (non-hydrogen) atoms. The number of hydrogen-bond acceptors (Lipinski definition) is 4. The van der Waals surface area contributed by atoms with E-state index in [2.05, 4.69) is 20.8 Å². The summed E-state index contributed by atoms with van der Waals surface area (Å²) in [6.45, 7) is 1.80. The highest BCUT2D eigenvalue weighted by atomic mass is 19.1. The lowest BCUT2D eigenvalue weighted by Gasteiger charge is -2.26. The van der Waals surface area contributed by atoms with Crippen LogP contribution in [0.2, 0.25) is 0 Å². The lowest BCUT2D eigenvalue weighted by atomic mass is 9.89. The van der Waals surface area contributed by atoms with Crippen molar-refractivity contribution in [3.05, 3.63) is 59.8 Å². The van der Waals surface area contributed by atoms with Crippen LogP contribution in [0.1, 0.15) is 36.7 Å². The zero-order valence-corrected chi connectivity index (χ0v) is 13.9. The average molecular weight is 353 g/mol. The Balaban J connectivity index is 1.59. The maximum Gasteiger partial charge on any atom is 0.228 e. The first-order chi connectivity index (χ1) is 12.5. The molecule has 3 heterocycles. The van der Waals surface area contributed by atoms with Crippen molar-refractivity contribution >= 4 is 23.1 Å². The Hall–Kier alpha value is -3.29. The van der Waals surface area contributed by atoms with Crippen molar-refractivity contribution in [2.24, 2.45) is 0 Å². The summed E-state index contributed by atoms with van der Waals surface area (Å²) in [5, 5.41) is 13.7. The Bertz CT molecular complexity index is 1020. The van der Waals surface area contributed by atoms with Gasteiger partial charge in [0.05, 0.1) is 12.0 Å². The Kier molecular flexibility index (Phi) is 3.87. The fraction of sp³-hybridized carbons (Fsp3) is 0.222. The number of pyridine rings is 1. The van der Waals surface area contributed by atoms with E-state index >= 15 is 0 Å². The van der Waals surface area contributed by atoms with Crippen LogP contribution in [0.25, 0.3) is 5.65 Å². The number of aromatic nitrogens is 3. The van der Waals surface area contributed by atoms with Crippen LogP contribution in [-0.4, -0.2) is 26.4 Å². The number of amides is 2. The Morgan fingerprint density at radius 2 is 2.19 bits per heavy atom. The second kappa shape index (κ2) is 6.21. The second-order valence-electron chi connectivity index (χ2n) is 6.25. The zero-order valence-electron chi connectivity index (χ0n) is 13.9. The molecule has 0 radical (unpaired) electrons. The number of nitrogens with one attached hydrogen (secondary N) is 2. The first-order valence-electron chi connectivity index (χ1n) is 8.22. The Morgan fingerprint density at radius 3 is 3.04 bits per heavy atom. The van der Waals surface area contributed by atoms with Crippen LogP contribution in [0.4, 0.5) is 10.1 Å². The first kappa shape index (κ1) is 16.2. The van der Waals surface area contributed by atoms with Gasteiger partial charge in [0.2, 0.25) is 11.8 Å². The number of hydrogen-bond donors (Lipinski definition) is 2. The Labute approximate surface area is 148 Å². The average Bonchev–Trinajstić information content (AvgIpc) is 3.04. The van der Waals surface area contributed by atoms with Crippen molar-refractivity contribution in [1.82, 2.24) is 19.9 Å². The molecule has 0 saturated carbocycles. The largest absolute Gasteiger partial charge is 0.346 e. The van der Waals surface area contributed by atoms with Gasteiger partial charge >= 0.3 is 0 Å². The zero-order chi connectivity index (χ0) is 18.3. The van der Waals surface area contributed by atoms with Gasteiger partial charge in [-0.3, -0.25) is 14.0 Å². The predicted molar refractivity (Wildman–Crippen MR) is 91.9 cm³/mol. The second-order valence-corrected chi connectivity index (χ2v) is 6.25. The summed E-state index contributed by atoms with van der Waals surface area (Å²) < 4.78 is 15.2. The highest BCUT2D eigenvalue weighted by molar-refractivity contribution is 6.01. The van der Waals surface area contributed by atoms with Crippen LogP contribution in [0.5, 0.6) is 0 Å². The third-order valence-electron chi connectivity index (χ3n) is 4.46. The summed E-state index contributed by atoms with van der Waals surface area (Å²) in [5.41, 5.74) is 1.62. The summed E-state index contributed by atoms with van der Waals surface area (Å²) in [4.78, 5) is 24.7. The van der Waals surface area contributed by atoms with E-state index in [1.165, 1.54) is 18.2 Å². The fourth-order valence-corrected chi connectivity index (χ4v) is 3.20. The third kappa shape index (κ3) is 2.79. The molecule has 2 aromatic heterocycles. The van der Waals surface area contributed by atoms with Crippen LogP contribution in [0.15, 0.2) is 42.6 Å². The molecule has 1 aliphatic rings. The van der Waals surface area contributed by atoms with E-state index in [-0.39, 0.29) is 18.2 Å². The summed E-state index contributed by atoms with van der Waals surface area (Å²) in [5.74, 6) is -1.18. The van der Waals surface area contributed by atoms with E-state index in [4.69, 9.17) is 0 Å². The van der Waals surface area contributed by atoms with Crippen molar-refractivity contribution in [2.45, 2.75) is 25.3 Å². The summed E-state index contributed by atoms with van der Waals surface area (Å²) in [7, 11) is 0. The quantitative estimate of drug-likeness (QED) is 0.755. The van der Waals surface area contributed by atoms with Crippen molar-refractivity contribution < 1.29 is 14.0 Å². The van der Waals surface area contributed by atoms with Gasteiger partial charge in [0.15, 0.2) is 11.5 Å². The molecular formula is C18H16FN5O2. The molecule has 1 aromatic carbocycles. The summed E-state index contributed by atoms with van der Waals surface area (Å²) >= 11 is 0. The van der Waals surface area contributed by atoms with Gasteiger partial charge in [0, 0.05) is 18.3 Å². The molecule has 2 atom stereocenters. The Morgan fingerprint density at radius 1 is 1.35 bits per heavy atom. The number of carbonyl (C=O) groups is 2. The van der Waals surface area contributed by atoms with E-state index in [0.29, 0.717) is 22.7 Å². The van der Waals surface area contributed by atoms with Crippen LogP contribution >= 0.6 is 0 Å². The maximum atomic E-state index is 13.4. The molecule has 0 bridgehead atoms. The molecule has 4 rings (SSSR count). The van der Waals surface area contributed by atoms with Crippen molar-refractivity contribution in [1.29, 1.82) is 0 Å². The van der Waals surface area contributed by atoms with Gasteiger partial charge in [-0.1, -0.05) is 12.1 Å². The lowest BCUT2D eigenvalue weighted by Crippen LogP contribution is -2.36. The molecular weight excluding hydrogens is 337 g/mol. The molecule has 1 aliphatic heterocycles. The van der Waals surface area contributed by atoms with Gasteiger partial charge in [-0.05, 0) is 36.8 Å². The standard InChI is InChI=1S/C18H16FN5O2/c1-10(17-23-22-15-4-2-3-7-24(15)17)20-18(26)13-9-16(25)21-14-8-11(19)5-6-12(13)14/h2-8,10,13H,9H2,1H3,(H,20,26)(H,21,25)/t10-,13+/m0/s1. The first-order valence-corrected chi connectivity index (χ1v) is 8.22. The van der Waals surface area contributed by atoms with Crippen LogP contribution in [0, 0.1) is 5.82 Å². The minimum Gasteiger partial charge on any atom is -0.346 e. The fourth-order valence-electron chi connectivity index (χ4n) is 3.20. The topological polar surface area (TPSA) is 88.4 Å². The van der Waals surface area contributed by atoms with Gasteiger partial charge in [0.25, 0.3) is 0 Å². The maximum absolute atomic E-state index is 13.4. The minimum absolute atomic E-state index is 0.0117. The molecule has 0 spiro atoms. The number of anilines is 1. The van der Waals surface area contributed by atoms with Gasteiger partial charge < -0.3 is 10.6 Å². The number of carbonyl (C=O) groups excluding carboxylic acids is 2. The SMILES string of the molecule is C[C@H](NC(=O)[C@@H]1CC(=O)Nc2cc(F)ccc21)c1nnc2ccccn12. The molecule has 0 unspecified atom stereocenters. The number of halogens is 1. The highest BCUT2D eigenvalue weighted by Gasteiger charge is 2.32. The van der Waals surface area contributed by atoms with Crippen molar-refractivity contribution in [2.75, 3.05) is 5.32 Å². The number of fused-ring (bicyclic) bond motifs is 2. The number of rotatable bonds is 3. The van der Waals surface area contributed by atoms with Crippen LogP contribution in [0.3, 0.4) is 0 Å². The monoisotopic (exact) mass is 353 g/mol. The third-order valence-corrected chi connectivity index (χ3v) is 4.46. The number of benzene rings is 1. The van der Waals surface area contributed by atoms with Gasteiger partial charge in [0.1, 0.15) is 5.82 Å². The van der Waals surface area contributed by atoms with E-state index in [0.717, 1.165) is 0 Å². The molecule has 3 aromatic rings. The lowest BCUT2D eigenvalue weighted by molar-refractivity contribution is -0.126. The molecule has 0 fully saturated rings. The van der Waals surface area contributed by atoms with Crippen molar-refractivity contribution in [3.63, 3.8) is 0 Å². The number of nitrogens with zero attached hydrogens (tertiary/aromatic N) is 3. The van der Waals surface area contributed by atoms with E-state index in [1.54, 1.807) is 11.3 Å². The molecule has 0 aliphatic carbocycles. The normalized spacial score (nSPS) is 17.5. The molecule has 0 saturated heterocycles. The van der Waals surface area contributed by atoms with Crippen LogP contribution in [-0.2, 0) is 9.59 Å². The molecule has 7 nitrogen and oxygen atoms in total. The molecule has 2 N–H and O–H groups in total. The van der Waals surface area contributed by atoms with Crippen LogP contribution < -0.4 is 10.6 Å². The summed E-state index contributed by atoms with van der Waals surface area (Å²) in [6, 6.07) is 9.16. The van der Waals surface area contributed by atoms with Gasteiger partial charge in [-0.2, -0.15) is 0 Å². The summed E-state index contributed by atoms with van der Waals surface area (Å²) in [6.07, 6.45) is 1.83. The predicted octanol–water partition coefficient (Wildman–Crippen LogP) is 2.17. The van der Waals surface area contributed by atoms with E-state index in [9.17, 15) is 14.0 Å². The van der Waals surface area contributed by atoms with E-state index in [1.807, 2.05) is 24.4 Å². The molecule has 8 heteroatoms. The minimum atomic E-state index is -0.680. The van der Waals surface area contributed by atoms with Crippen molar-refractivity contribution in [3.8, 4) is 0 Å². The molecule has 132 valence electrons. The highest BCUT2D eigenvalue weighted by Crippen LogP contribution is 2.33. The van der Waals surface area contributed by atoms with E-state index < -0.39 is 17.8 Å². The smallest absolute Gasteiger partial charge is 0.228 e. The van der Waals surface area contributed by atoms with Gasteiger partial charge in [-0.15, -0.1) is 10.2 Å². The molecule has 2 amide bonds.